The third-order valence-corrected chi connectivity index (χ3v) is 4.92. The number of hydrogen-bond acceptors (Lipinski definition) is 3. The summed E-state index contributed by atoms with van der Waals surface area (Å²) in [7, 11) is 1.70. The molecular formula is C21H33N3O3. The lowest BCUT2D eigenvalue weighted by Crippen LogP contribution is -2.38. The summed E-state index contributed by atoms with van der Waals surface area (Å²) in [5.41, 5.74) is -0.334. The summed E-state index contributed by atoms with van der Waals surface area (Å²) in [5.74, 6) is -0.137. The minimum Gasteiger partial charge on any atom is -0.352 e. The normalized spacial score (nSPS) is 14.8. The molecule has 1 aromatic rings. The van der Waals surface area contributed by atoms with E-state index in [0.717, 1.165) is 25.7 Å². The van der Waals surface area contributed by atoms with Crippen molar-refractivity contribution in [2.24, 2.45) is 11.8 Å². The molecule has 6 nitrogen and oxygen atoms in total. The molecule has 1 aromatic heterocycles. The predicted molar refractivity (Wildman–Crippen MR) is 107 cm³/mol. The highest BCUT2D eigenvalue weighted by molar-refractivity contribution is 5.99. The highest BCUT2D eigenvalue weighted by atomic mass is 16.2. The standard InChI is InChI=1S/C21H33N3O3/c1-14(2)10-22-20(26)17-12-24(16-8-6-7-9-16)13-18(19(17)25)21(27)23(5)11-15(3)4/h12-16H,6-11H2,1-5H3,(H,22,26). The van der Waals surface area contributed by atoms with E-state index in [-0.39, 0.29) is 29.0 Å². The van der Waals surface area contributed by atoms with Gasteiger partial charge >= 0.3 is 0 Å². The molecule has 1 aliphatic rings. The minimum atomic E-state index is -0.480. The zero-order chi connectivity index (χ0) is 20.1. The average molecular weight is 376 g/mol. The lowest BCUT2D eigenvalue weighted by Gasteiger charge is -2.22. The summed E-state index contributed by atoms with van der Waals surface area (Å²) in [6.07, 6.45) is 7.55. The number of pyridine rings is 1. The third kappa shape index (κ3) is 5.44. The molecule has 0 bridgehead atoms. The van der Waals surface area contributed by atoms with Crippen LogP contribution in [0.1, 0.15) is 80.1 Å². The Labute approximate surface area is 161 Å². The first-order valence-corrected chi connectivity index (χ1v) is 10.00. The Morgan fingerprint density at radius 3 is 2.26 bits per heavy atom. The van der Waals surface area contributed by atoms with Crippen molar-refractivity contribution in [2.75, 3.05) is 20.1 Å². The van der Waals surface area contributed by atoms with Crippen LogP contribution in [0.2, 0.25) is 0 Å². The van der Waals surface area contributed by atoms with Crippen LogP contribution < -0.4 is 10.7 Å². The van der Waals surface area contributed by atoms with E-state index in [4.69, 9.17) is 0 Å². The quantitative estimate of drug-likeness (QED) is 0.796. The minimum absolute atomic E-state index is 0.0614. The van der Waals surface area contributed by atoms with E-state index in [1.54, 1.807) is 24.3 Å². The number of carbonyl (C=O) groups excluding carboxylic acids is 2. The van der Waals surface area contributed by atoms with Crippen molar-refractivity contribution in [1.82, 2.24) is 14.8 Å². The van der Waals surface area contributed by atoms with E-state index >= 15 is 0 Å². The van der Waals surface area contributed by atoms with Crippen LogP contribution in [0.3, 0.4) is 0 Å². The summed E-state index contributed by atoms with van der Waals surface area (Å²) in [6, 6.07) is 0.240. The fourth-order valence-electron chi connectivity index (χ4n) is 3.55. The van der Waals surface area contributed by atoms with Crippen LogP contribution in [0.25, 0.3) is 0 Å². The van der Waals surface area contributed by atoms with Gasteiger partial charge in [-0.3, -0.25) is 14.4 Å². The van der Waals surface area contributed by atoms with Crippen molar-refractivity contribution in [1.29, 1.82) is 0 Å². The van der Waals surface area contributed by atoms with Gasteiger partial charge in [0, 0.05) is 38.6 Å². The second-order valence-electron chi connectivity index (χ2n) is 8.48. The van der Waals surface area contributed by atoms with Crippen LogP contribution in [-0.2, 0) is 0 Å². The van der Waals surface area contributed by atoms with E-state index in [1.165, 1.54) is 0 Å². The van der Waals surface area contributed by atoms with Gasteiger partial charge in [0.25, 0.3) is 11.8 Å². The van der Waals surface area contributed by atoms with Crippen LogP contribution in [0, 0.1) is 11.8 Å². The molecule has 1 saturated carbocycles. The van der Waals surface area contributed by atoms with E-state index < -0.39 is 11.3 Å². The van der Waals surface area contributed by atoms with Gasteiger partial charge < -0.3 is 14.8 Å². The second-order valence-corrected chi connectivity index (χ2v) is 8.48. The number of amides is 2. The number of nitrogens with one attached hydrogen (secondary N) is 1. The van der Waals surface area contributed by atoms with Crippen LogP contribution in [0.5, 0.6) is 0 Å². The molecule has 0 unspecified atom stereocenters. The largest absolute Gasteiger partial charge is 0.352 e. The van der Waals surface area contributed by atoms with Crippen molar-refractivity contribution in [3.63, 3.8) is 0 Å². The zero-order valence-corrected chi connectivity index (χ0v) is 17.2. The molecule has 1 aliphatic carbocycles. The molecule has 1 N–H and O–H groups in total. The van der Waals surface area contributed by atoms with Gasteiger partial charge in [0.2, 0.25) is 5.43 Å². The highest BCUT2D eigenvalue weighted by Gasteiger charge is 2.25. The van der Waals surface area contributed by atoms with E-state index in [1.807, 2.05) is 32.3 Å². The molecule has 0 spiro atoms. The molecule has 6 heteroatoms. The van der Waals surface area contributed by atoms with Gasteiger partial charge in [0.05, 0.1) is 0 Å². The molecule has 27 heavy (non-hydrogen) atoms. The fraction of sp³-hybridized carbons (Fsp3) is 0.667. The van der Waals surface area contributed by atoms with Crippen molar-refractivity contribution >= 4 is 11.8 Å². The van der Waals surface area contributed by atoms with Gasteiger partial charge in [-0.2, -0.15) is 0 Å². The van der Waals surface area contributed by atoms with Crippen LogP contribution >= 0.6 is 0 Å². The topological polar surface area (TPSA) is 71.4 Å². The van der Waals surface area contributed by atoms with Crippen molar-refractivity contribution in [3.05, 3.63) is 33.7 Å². The van der Waals surface area contributed by atoms with Gasteiger partial charge in [-0.1, -0.05) is 40.5 Å². The molecule has 1 heterocycles. The Morgan fingerprint density at radius 2 is 1.70 bits per heavy atom. The number of aromatic nitrogens is 1. The Balaban J connectivity index is 2.43. The predicted octanol–water partition coefficient (Wildman–Crippen LogP) is 3.08. The van der Waals surface area contributed by atoms with Crippen molar-refractivity contribution in [3.8, 4) is 0 Å². The third-order valence-electron chi connectivity index (χ3n) is 4.92. The van der Waals surface area contributed by atoms with Crippen molar-refractivity contribution in [2.45, 2.75) is 59.4 Å². The maximum atomic E-state index is 12.9. The van der Waals surface area contributed by atoms with Crippen LogP contribution in [0.15, 0.2) is 17.2 Å². The zero-order valence-electron chi connectivity index (χ0n) is 17.2. The molecule has 0 radical (unpaired) electrons. The number of rotatable bonds is 7. The van der Waals surface area contributed by atoms with Crippen molar-refractivity contribution < 1.29 is 9.59 Å². The first-order valence-electron chi connectivity index (χ1n) is 10.00. The summed E-state index contributed by atoms with van der Waals surface area (Å²) >= 11 is 0. The van der Waals surface area contributed by atoms with Gasteiger partial charge in [-0.25, -0.2) is 0 Å². The first-order chi connectivity index (χ1) is 12.7. The molecule has 1 fully saturated rings. The smallest absolute Gasteiger partial charge is 0.259 e. The molecular weight excluding hydrogens is 342 g/mol. The number of carbonyl (C=O) groups is 2. The molecule has 2 rings (SSSR count). The summed E-state index contributed by atoms with van der Waals surface area (Å²) in [5, 5.41) is 2.81. The Kier molecular flexibility index (Phi) is 7.22. The average Bonchev–Trinajstić information content (AvgIpc) is 3.13. The van der Waals surface area contributed by atoms with Crippen LogP contribution in [-0.4, -0.2) is 41.4 Å². The maximum absolute atomic E-state index is 12.9. The molecule has 0 saturated heterocycles. The second kappa shape index (κ2) is 9.20. The summed E-state index contributed by atoms with van der Waals surface area (Å²) < 4.78 is 1.91. The monoisotopic (exact) mass is 375 g/mol. The Hall–Kier alpha value is -2.11. The summed E-state index contributed by atoms with van der Waals surface area (Å²) in [6.45, 7) is 9.10. The van der Waals surface area contributed by atoms with Gasteiger partial charge in [0.15, 0.2) is 0 Å². The molecule has 150 valence electrons. The summed E-state index contributed by atoms with van der Waals surface area (Å²) in [4.78, 5) is 40.0. The van der Waals surface area contributed by atoms with E-state index in [9.17, 15) is 14.4 Å². The Bertz CT molecular complexity index is 731. The molecule has 0 aromatic carbocycles. The van der Waals surface area contributed by atoms with E-state index in [0.29, 0.717) is 19.0 Å². The maximum Gasteiger partial charge on any atom is 0.259 e. The lowest BCUT2D eigenvalue weighted by atomic mass is 10.1. The molecule has 0 aliphatic heterocycles. The SMILES string of the molecule is CC(C)CNC(=O)c1cn(C2CCCC2)cc(C(=O)N(C)CC(C)C)c1=O. The highest BCUT2D eigenvalue weighted by Crippen LogP contribution is 2.29. The fourth-order valence-corrected chi connectivity index (χ4v) is 3.55. The van der Waals surface area contributed by atoms with Gasteiger partial charge in [-0.15, -0.1) is 0 Å². The van der Waals surface area contributed by atoms with E-state index in [2.05, 4.69) is 5.32 Å². The number of hydrogen-bond donors (Lipinski definition) is 1. The van der Waals surface area contributed by atoms with Crippen LogP contribution in [0.4, 0.5) is 0 Å². The van der Waals surface area contributed by atoms with Gasteiger partial charge in [0.1, 0.15) is 11.1 Å². The molecule has 0 atom stereocenters. The Morgan fingerprint density at radius 1 is 1.11 bits per heavy atom. The van der Waals surface area contributed by atoms with Gasteiger partial charge in [-0.05, 0) is 24.7 Å². The lowest BCUT2D eigenvalue weighted by molar-refractivity contribution is 0.0776. The number of nitrogens with zero attached hydrogens (tertiary/aromatic N) is 2. The molecule has 2 amide bonds. The first kappa shape index (κ1) is 21.2.